The molecule has 1 unspecified atom stereocenters. The van der Waals surface area contributed by atoms with Crippen LogP contribution in [-0.4, -0.2) is 29.3 Å². The molecule has 92 valence electrons. The van der Waals surface area contributed by atoms with Gasteiger partial charge in [-0.3, -0.25) is 14.6 Å². The number of carbonyl (C=O) groups excluding carboxylic acids is 2. The van der Waals surface area contributed by atoms with Crippen molar-refractivity contribution in [2.24, 2.45) is 0 Å². The highest BCUT2D eigenvalue weighted by Gasteiger charge is 2.34. The van der Waals surface area contributed by atoms with E-state index in [1.165, 1.54) is 30.7 Å². The number of rotatable bonds is 7. The van der Waals surface area contributed by atoms with E-state index in [0.717, 1.165) is 12.8 Å². The van der Waals surface area contributed by atoms with Crippen LogP contribution >= 0.6 is 0 Å². The summed E-state index contributed by atoms with van der Waals surface area (Å²) in [6.07, 6.45) is 7.14. The van der Waals surface area contributed by atoms with Crippen LogP contribution in [0.15, 0.2) is 0 Å². The third-order valence-electron chi connectivity index (χ3n) is 2.93. The smallest absolute Gasteiger partial charge is 0.287 e. The zero-order chi connectivity index (χ0) is 12.0. The van der Waals surface area contributed by atoms with E-state index >= 15 is 0 Å². The predicted molar refractivity (Wildman–Crippen MR) is 62.7 cm³/mol. The largest absolute Gasteiger partial charge is 0.305 e. The van der Waals surface area contributed by atoms with E-state index in [0.29, 0.717) is 6.54 Å². The molecule has 1 saturated heterocycles. The summed E-state index contributed by atoms with van der Waals surface area (Å²) in [7, 11) is 0. The molecule has 0 aliphatic carbocycles. The Morgan fingerprint density at radius 2 is 1.75 bits per heavy atom. The SMILES string of the molecule is CCCCCCCCN1NC(C)C(=O)C1=O. The minimum Gasteiger partial charge on any atom is -0.287 e. The van der Waals surface area contributed by atoms with Crippen molar-refractivity contribution in [1.29, 1.82) is 0 Å². The van der Waals surface area contributed by atoms with Crippen LogP contribution < -0.4 is 5.43 Å². The van der Waals surface area contributed by atoms with Crippen molar-refractivity contribution in [3.8, 4) is 0 Å². The van der Waals surface area contributed by atoms with Crippen molar-refractivity contribution in [1.82, 2.24) is 10.4 Å². The summed E-state index contributed by atoms with van der Waals surface area (Å²) in [5, 5.41) is 1.47. The number of hydrazine groups is 1. The number of unbranched alkanes of at least 4 members (excludes halogenated alkanes) is 5. The number of amides is 1. The number of nitrogens with zero attached hydrogens (tertiary/aromatic N) is 1. The Balaban J connectivity index is 2.10. The number of ketones is 1. The lowest BCUT2D eigenvalue weighted by molar-refractivity contribution is -0.140. The van der Waals surface area contributed by atoms with Gasteiger partial charge in [0.15, 0.2) is 0 Å². The molecular formula is C12H22N2O2. The summed E-state index contributed by atoms with van der Waals surface area (Å²) in [5.41, 5.74) is 2.89. The molecule has 1 atom stereocenters. The van der Waals surface area contributed by atoms with Gasteiger partial charge in [0, 0.05) is 6.54 Å². The summed E-state index contributed by atoms with van der Waals surface area (Å²) >= 11 is 0. The van der Waals surface area contributed by atoms with E-state index in [9.17, 15) is 9.59 Å². The highest BCUT2D eigenvalue weighted by Crippen LogP contribution is 2.08. The first-order valence-electron chi connectivity index (χ1n) is 6.28. The number of carbonyl (C=O) groups is 2. The Bertz CT molecular complexity index is 253. The minimum absolute atomic E-state index is 0.314. The van der Waals surface area contributed by atoms with E-state index in [-0.39, 0.29) is 17.7 Å². The van der Waals surface area contributed by atoms with E-state index in [1.54, 1.807) is 6.92 Å². The van der Waals surface area contributed by atoms with Gasteiger partial charge in [-0.05, 0) is 13.3 Å². The standard InChI is InChI=1S/C12H22N2O2/c1-3-4-5-6-7-8-9-14-12(16)11(15)10(2)13-14/h10,13H,3-9H2,1-2H3. The summed E-state index contributed by atoms with van der Waals surface area (Å²) in [5.74, 6) is -0.688. The van der Waals surface area contributed by atoms with Crippen LogP contribution in [0.3, 0.4) is 0 Å². The molecule has 1 amide bonds. The second-order valence-electron chi connectivity index (χ2n) is 4.44. The lowest BCUT2D eigenvalue weighted by atomic mass is 10.1. The summed E-state index contributed by atoms with van der Waals surface area (Å²) in [4.78, 5) is 22.6. The molecule has 0 aromatic rings. The molecule has 0 spiro atoms. The molecule has 0 radical (unpaired) electrons. The molecule has 0 aromatic carbocycles. The van der Waals surface area contributed by atoms with Crippen LogP contribution in [0.5, 0.6) is 0 Å². The predicted octanol–water partition coefficient (Wildman–Crippen LogP) is 1.65. The normalized spacial score (nSPS) is 20.9. The first kappa shape index (κ1) is 13.2. The van der Waals surface area contributed by atoms with Gasteiger partial charge in [-0.2, -0.15) is 0 Å². The Morgan fingerprint density at radius 3 is 2.31 bits per heavy atom. The Morgan fingerprint density at radius 1 is 1.12 bits per heavy atom. The van der Waals surface area contributed by atoms with Gasteiger partial charge in [-0.15, -0.1) is 0 Å². The molecule has 1 aliphatic heterocycles. The molecule has 4 nitrogen and oxygen atoms in total. The fraction of sp³-hybridized carbons (Fsp3) is 0.833. The Hall–Kier alpha value is -0.900. The second kappa shape index (κ2) is 6.63. The average Bonchev–Trinajstić information content (AvgIpc) is 2.51. The summed E-state index contributed by atoms with van der Waals surface area (Å²) in [6, 6.07) is -0.340. The monoisotopic (exact) mass is 226 g/mol. The van der Waals surface area contributed by atoms with Gasteiger partial charge in [0.1, 0.15) is 0 Å². The Kier molecular flexibility index (Phi) is 5.46. The quantitative estimate of drug-likeness (QED) is 0.530. The van der Waals surface area contributed by atoms with E-state index in [1.807, 2.05) is 0 Å². The van der Waals surface area contributed by atoms with Crippen molar-refractivity contribution in [2.45, 2.75) is 58.4 Å². The zero-order valence-electron chi connectivity index (χ0n) is 10.3. The maximum absolute atomic E-state index is 11.4. The van der Waals surface area contributed by atoms with Crippen LogP contribution in [0, 0.1) is 0 Å². The molecule has 1 N–H and O–H groups in total. The second-order valence-corrected chi connectivity index (χ2v) is 4.44. The first-order valence-corrected chi connectivity index (χ1v) is 6.28. The summed E-state index contributed by atoms with van der Waals surface area (Å²) in [6.45, 7) is 4.57. The molecular weight excluding hydrogens is 204 g/mol. The molecule has 0 aromatic heterocycles. The van der Waals surface area contributed by atoms with Crippen LogP contribution in [0.25, 0.3) is 0 Å². The third-order valence-corrected chi connectivity index (χ3v) is 2.93. The van der Waals surface area contributed by atoms with Crippen molar-refractivity contribution in [3.63, 3.8) is 0 Å². The number of hydrogen-bond donors (Lipinski definition) is 1. The highest BCUT2D eigenvalue weighted by molar-refractivity contribution is 6.39. The fourth-order valence-electron chi connectivity index (χ4n) is 1.89. The minimum atomic E-state index is -0.374. The average molecular weight is 226 g/mol. The molecule has 4 heteroatoms. The fourth-order valence-corrected chi connectivity index (χ4v) is 1.89. The van der Waals surface area contributed by atoms with Crippen molar-refractivity contribution in [3.05, 3.63) is 0 Å². The van der Waals surface area contributed by atoms with E-state index in [4.69, 9.17) is 0 Å². The molecule has 1 heterocycles. The van der Waals surface area contributed by atoms with Crippen LogP contribution in [-0.2, 0) is 9.59 Å². The van der Waals surface area contributed by atoms with Crippen LogP contribution in [0.1, 0.15) is 52.4 Å². The van der Waals surface area contributed by atoms with Crippen molar-refractivity contribution >= 4 is 11.7 Å². The van der Waals surface area contributed by atoms with Gasteiger partial charge < -0.3 is 0 Å². The van der Waals surface area contributed by atoms with Gasteiger partial charge in [0.05, 0.1) is 6.04 Å². The van der Waals surface area contributed by atoms with E-state index < -0.39 is 0 Å². The van der Waals surface area contributed by atoms with Gasteiger partial charge >= 0.3 is 5.91 Å². The molecule has 1 rings (SSSR count). The lowest BCUT2D eigenvalue weighted by Crippen LogP contribution is -2.37. The number of Topliss-reactive ketones (excluding diaryl/α,β-unsaturated/α-hetero) is 1. The Labute approximate surface area is 97.4 Å². The van der Waals surface area contributed by atoms with Gasteiger partial charge in [0.25, 0.3) is 0 Å². The van der Waals surface area contributed by atoms with Gasteiger partial charge in [-0.1, -0.05) is 39.0 Å². The molecule has 1 aliphatic rings. The topological polar surface area (TPSA) is 49.4 Å². The highest BCUT2D eigenvalue weighted by atomic mass is 16.2. The van der Waals surface area contributed by atoms with Crippen LogP contribution in [0.4, 0.5) is 0 Å². The van der Waals surface area contributed by atoms with Crippen LogP contribution in [0.2, 0.25) is 0 Å². The number of nitrogens with one attached hydrogen (secondary N) is 1. The van der Waals surface area contributed by atoms with Crippen molar-refractivity contribution in [2.75, 3.05) is 6.54 Å². The molecule has 0 saturated carbocycles. The maximum Gasteiger partial charge on any atom is 0.305 e. The third kappa shape index (κ3) is 3.59. The molecule has 16 heavy (non-hydrogen) atoms. The summed E-state index contributed by atoms with van der Waals surface area (Å²) < 4.78 is 0. The maximum atomic E-state index is 11.4. The lowest BCUT2D eigenvalue weighted by Gasteiger charge is -2.15. The molecule has 1 fully saturated rings. The van der Waals surface area contributed by atoms with Crippen molar-refractivity contribution < 1.29 is 9.59 Å². The first-order chi connectivity index (χ1) is 7.66. The number of hydrogen-bond acceptors (Lipinski definition) is 3. The van der Waals surface area contributed by atoms with E-state index in [2.05, 4.69) is 12.3 Å². The molecule has 0 bridgehead atoms. The van der Waals surface area contributed by atoms with Gasteiger partial charge in [-0.25, -0.2) is 5.43 Å². The van der Waals surface area contributed by atoms with Gasteiger partial charge in [0.2, 0.25) is 5.78 Å². The zero-order valence-corrected chi connectivity index (χ0v) is 10.3.